The molecule has 428 valence electrons. The Hall–Kier alpha value is -10.8. The summed E-state index contributed by atoms with van der Waals surface area (Å²) in [4.78, 5) is 21.3. The Kier molecular flexibility index (Phi) is 15.0. The minimum atomic E-state index is -0.121. The van der Waals surface area contributed by atoms with Crippen LogP contribution in [0.1, 0.15) is 49.9 Å². The topological polar surface area (TPSA) is 66.8 Å². The molecule has 0 amide bonds. The summed E-state index contributed by atoms with van der Waals surface area (Å²) in [5.74, 6) is 0.644. The summed E-state index contributed by atoms with van der Waals surface area (Å²) in [6, 6.07) is 106. The van der Waals surface area contributed by atoms with E-state index in [1.807, 2.05) is 66.7 Å². The first-order chi connectivity index (χ1) is 43.6. The third-order valence-corrected chi connectivity index (χ3v) is 17.6. The molecule has 0 fully saturated rings. The number of halogens is 1. The van der Waals surface area contributed by atoms with Crippen LogP contribution in [0, 0.1) is 0 Å². The van der Waals surface area contributed by atoms with Gasteiger partial charge in [0, 0.05) is 60.9 Å². The first-order valence-electron chi connectivity index (χ1n) is 30.2. The lowest BCUT2D eigenvalue weighted by molar-refractivity contribution is 0.660. The van der Waals surface area contributed by atoms with Crippen LogP contribution < -0.4 is 10.2 Å². The third-order valence-electron chi connectivity index (χ3n) is 17.4. The summed E-state index contributed by atoms with van der Waals surface area (Å²) in [5.41, 5.74) is 25.4. The molecule has 6 nitrogen and oxygen atoms in total. The fraction of sp³-hybridized carbons (Fsp3) is 0.0732. The molecule has 7 heteroatoms. The van der Waals surface area contributed by atoms with Crippen molar-refractivity contribution in [1.29, 1.82) is 0 Å². The molecule has 0 unspecified atom stereocenters. The Labute approximate surface area is 525 Å². The molecule has 0 spiro atoms. The van der Waals surface area contributed by atoms with Gasteiger partial charge in [-0.05, 0) is 116 Å². The SMILES string of the molecule is CC1(C)c2ccccc2-c2c(N(c3ccc(-c4ccccc4)cc3)c3nc(-c4ccccc4)c4ccccc4n3)cccc21.CC1(C)c2ccccc2-c2c(Nc3ccc(-c4ccccc4)cc3)cccc21.Clc1nc(-c2ccccc2)c2ccccc2n1. The van der Waals surface area contributed by atoms with Gasteiger partial charge in [-0.1, -0.05) is 282 Å². The van der Waals surface area contributed by atoms with Crippen molar-refractivity contribution in [3.63, 3.8) is 0 Å². The van der Waals surface area contributed by atoms with Crippen LogP contribution in [-0.4, -0.2) is 19.9 Å². The average Bonchev–Trinajstić information content (AvgIpc) is 1.66. The van der Waals surface area contributed by atoms with Gasteiger partial charge in [-0.2, -0.15) is 0 Å². The zero-order valence-electron chi connectivity index (χ0n) is 50.0. The van der Waals surface area contributed by atoms with E-state index in [1.54, 1.807) is 0 Å². The smallest absolute Gasteiger partial charge is 0.235 e. The van der Waals surface area contributed by atoms with Crippen molar-refractivity contribution in [1.82, 2.24) is 19.9 Å². The van der Waals surface area contributed by atoms with Gasteiger partial charge >= 0.3 is 0 Å². The highest BCUT2D eigenvalue weighted by atomic mass is 35.5. The Morgan fingerprint density at radius 1 is 0.326 bits per heavy atom. The average molecular weight is 1170 g/mol. The molecule has 16 rings (SSSR count). The molecule has 89 heavy (non-hydrogen) atoms. The van der Waals surface area contributed by atoms with Crippen LogP contribution in [0.5, 0.6) is 0 Å². The molecule has 0 aliphatic heterocycles. The van der Waals surface area contributed by atoms with Crippen LogP contribution in [0.3, 0.4) is 0 Å². The number of nitrogens with one attached hydrogen (secondary N) is 1. The molecule has 0 saturated heterocycles. The van der Waals surface area contributed by atoms with E-state index in [2.05, 4.69) is 284 Å². The van der Waals surface area contributed by atoms with Crippen molar-refractivity contribution in [2.45, 2.75) is 38.5 Å². The molecule has 1 N–H and O–H groups in total. The maximum atomic E-state index is 5.95. The highest BCUT2D eigenvalue weighted by molar-refractivity contribution is 6.29. The first-order valence-corrected chi connectivity index (χ1v) is 30.6. The van der Waals surface area contributed by atoms with E-state index in [1.165, 1.54) is 72.4 Å². The third kappa shape index (κ3) is 10.8. The minimum Gasteiger partial charge on any atom is -0.355 e. The summed E-state index contributed by atoms with van der Waals surface area (Å²) in [7, 11) is 0. The van der Waals surface area contributed by atoms with Crippen LogP contribution in [0.15, 0.2) is 303 Å². The summed E-state index contributed by atoms with van der Waals surface area (Å²) in [6.45, 7) is 9.27. The van der Waals surface area contributed by atoms with E-state index < -0.39 is 0 Å². The fourth-order valence-corrected chi connectivity index (χ4v) is 13.1. The Balaban J connectivity index is 0.000000131. The lowest BCUT2D eigenvalue weighted by Gasteiger charge is -2.28. The van der Waals surface area contributed by atoms with Gasteiger partial charge in [-0.25, -0.2) is 19.9 Å². The van der Waals surface area contributed by atoms with E-state index in [9.17, 15) is 0 Å². The highest BCUT2D eigenvalue weighted by Gasteiger charge is 2.39. The zero-order valence-corrected chi connectivity index (χ0v) is 50.7. The second-order valence-electron chi connectivity index (χ2n) is 23.6. The standard InChI is InChI=1S/C41H31N3.C27H23N.C14H9ClN2/c1-41(2)34-20-11-9-18-32(34)38-35(41)21-13-23-37(38)44(31-26-24-29(25-27-31)28-14-5-3-6-15-28)40-42-36-22-12-10-19-33(36)39(43-40)30-16-7-4-8-17-30;1-27(2)23-12-7-6-11-22(23)26-24(27)13-8-14-25(26)28-21-17-15-20(16-18-21)19-9-4-3-5-10-19;15-14-16-12-9-5-4-8-11(12)13(17-14)10-6-2-1-3-7-10/h3-27H,1-2H3;3-18,28H,1-2H3;1-9H. The van der Waals surface area contributed by atoms with Crippen LogP contribution in [-0.2, 0) is 10.8 Å². The highest BCUT2D eigenvalue weighted by Crippen LogP contribution is 2.55. The molecule has 0 radical (unpaired) electrons. The van der Waals surface area contributed by atoms with Crippen molar-refractivity contribution in [2.75, 3.05) is 10.2 Å². The van der Waals surface area contributed by atoms with Crippen LogP contribution in [0.4, 0.5) is 28.7 Å². The molecule has 2 aliphatic rings. The molecule has 12 aromatic carbocycles. The second-order valence-corrected chi connectivity index (χ2v) is 23.9. The van der Waals surface area contributed by atoms with E-state index in [4.69, 9.17) is 21.6 Å². The molecule has 2 heterocycles. The van der Waals surface area contributed by atoms with E-state index >= 15 is 0 Å². The van der Waals surface area contributed by atoms with Crippen LogP contribution in [0.25, 0.3) is 88.8 Å². The number of benzene rings is 12. The van der Waals surface area contributed by atoms with Crippen molar-refractivity contribution < 1.29 is 0 Å². The molecular formula is C82H63ClN6. The zero-order chi connectivity index (χ0) is 60.5. The summed E-state index contributed by atoms with van der Waals surface area (Å²) in [5, 5.41) is 5.99. The maximum Gasteiger partial charge on any atom is 0.235 e. The predicted molar refractivity (Wildman–Crippen MR) is 372 cm³/mol. The van der Waals surface area contributed by atoms with Crippen molar-refractivity contribution >= 4 is 62.1 Å². The predicted octanol–water partition coefficient (Wildman–Crippen LogP) is 22.1. The summed E-state index contributed by atoms with van der Waals surface area (Å²) >= 11 is 5.95. The number of fused-ring (bicyclic) bond motifs is 8. The number of rotatable bonds is 9. The van der Waals surface area contributed by atoms with Crippen LogP contribution in [0.2, 0.25) is 5.28 Å². The van der Waals surface area contributed by atoms with Gasteiger partial charge in [0.25, 0.3) is 0 Å². The van der Waals surface area contributed by atoms with E-state index in [0.717, 1.165) is 61.4 Å². The number of hydrogen-bond acceptors (Lipinski definition) is 6. The lowest BCUT2D eigenvalue weighted by atomic mass is 9.82. The minimum absolute atomic E-state index is 0.0286. The monoisotopic (exact) mass is 1170 g/mol. The lowest BCUT2D eigenvalue weighted by Crippen LogP contribution is -2.17. The maximum absolute atomic E-state index is 5.95. The van der Waals surface area contributed by atoms with E-state index in [0.29, 0.717) is 5.95 Å². The summed E-state index contributed by atoms with van der Waals surface area (Å²) in [6.07, 6.45) is 0. The first kappa shape index (κ1) is 56.0. The van der Waals surface area contributed by atoms with Crippen molar-refractivity contribution in [2.24, 2.45) is 0 Å². The normalized spacial score (nSPS) is 12.7. The summed E-state index contributed by atoms with van der Waals surface area (Å²) < 4.78 is 0. The van der Waals surface area contributed by atoms with Crippen molar-refractivity contribution in [3.05, 3.63) is 331 Å². The van der Waals surface area contributed by atoms with Gasteiger partial charge in [-0.3, -0.25) is 4.90 Å². The Bertz CT molecular complexity index is 4860. The number of anilines is 5. The van der Waals surface area contributed by atoms with Crippen LogP contribution >= 0.6 is 11.6 Å². The Morgan fingerprint density at radius 3 is 1.28 bits per heavy atom. The molecular weight excluding hydrogens is 1100 g/mol. The van der Waals surface area contributed by atoms with Gasteiger partial charge in [0.2, 0.25) is 11.2 Å². The quantitative estimate of drug-likeness (QED) is 0.145. The van der Waals surface area contributed by atoms with Gasteiger partial charge in [-0.15, -0.1) is 0 Å². The van der Waals surface area contributed by atoms with Crippen molar-refractivity contribution in [3.8, 4) is 67.0 Å². The second kappa shape index (κ2) is 23.8. The fourth-order valence-electron chi connectivity index (χ4n) is 13.0. The number of aromatic nitrogens is 4. The van der Waals surface area contributed by atoms with Gasteiger partial charge in [0.05, 0.1) is 28.1 Å². The van der Waals surface area contributed by atoms with Gasteiger partial charge < -0.3 is 5.32 Å². The van der Waals surface area contributed by atoms with Gasteiger partial charge in [0.15, 0.2) is 0 Å². The largest absolute Gasteiger partial charge is 0.355 e. The molecule has 2 aromatic heterocycles. The molecule has 0 bridgehead atoms. The van der Waals surface area contributed by atoms with Gasteiger partial charge in [0.1, 0.15) is 0 Å². The number of para-hydroxylation sites is 2. The van der Waals surface area contributed by atoms with E-state index in [-0.39, 0.29) is 16.1 Å². The number of nitrogens with zero attached hydrogens (tertiary/aromatic N) is 5. The molecule has 0 saturated carbocycles. The molecule has 2 aliphatic carbocycles. The molecule has 14 aromatic rings. The number of hydrogen-bond donors (Lipinski definition) is 1. The molecule has 0 atom stereocenters. The Morgan fingerprint density at radius 2 is 0.730 bits per heavy atom.